The lowest BCUT2D eigenvalue weighted by Gasteiger charge is -2.36. The third kappa shape index (κ3) is 4.99. The topological polar surface area (TPSA) is 60.4 Å². The molecule has 2 fully saturated rings. The fraction of sp³-hybridized carbons (Fsp3) is 0.600. The molecule has 2 aliphatic heterocycles. The number of nitrogens with one attached hydrogen (secondary N) is 1. The largest absolute Gasteiger partial charge is 0.373 e. The van der Waals surface area contributed by atoms with Crippen LogP contribution >= 0.6 is 0 Å². The molecule has 1 amide bonds. The number of rotatable bonds is 5. The van der Waals surface area contributed by atoms with Crippen molar-refractivity contribution in [1.29, 1.82) is 0 Å². The average molecular weight is 374 g/mol. The van der Waals surface area contributed by atoms with Crippen LogP contribution in [0, 0.1) is 0 Å². The van der Waals surface area contributed by atoms with Crippen molar-refractivity contribution in [2.75, 3.05) is 53.4 Å². The van der Waals surface area contributed by atoms with E-state index in [0.717, 1.165) is 45.3 Å². The van der Waals surface area contributed by atoms with Gasteiger partial charge < -0.3 is 19.9 Å². The summed E-state index contributed by atoms with van der Waals surface area (Å²) in [5, 5.41) is 3.32. The summed E-state index contributed by atoms with van der Waals surface area (Å²) in [6.45, 7) is 7.28. The van der Waals surface area contributed by atoms with Crippen LogP contribution in [0.2, 0.25) is 0 Å². The molecule has 1 aromatic carbocycles. The number of nitrogens with zero attached hydrogens (tertiary/aromatic N) is 4. The smallest absolute Gasteiger partial charge is 0.243 e. The van der Waals surface area contributed by atoms with E-state index in [1.807, 2.05) is 6.92 Å². The molecule has 2 atom stereocenters. The number of benzene rings is 1. The second-order valence-electron chi connectivity index (χ2n) is 7.30. The van der Waals surface area contributed by atoms with Gasteiger partial charge in [-0.1, -0.05) is 30.3 Å². The molecule has 0 bridgehead atoms. The molecular formula is C20H31N5O2. The van der Waals surface area contributed by atoms with Crippen LogP contribution in [-0.4, -0.2) is 92.1 Å². The van der Waals surface area contributed by atoms with E-state index < -0.39 is 0 Å². The highest BCUT2D eigenvalue weighted by Crippen LogP contribution is 2.24. The SMILES string of the molecule is CCNC(=NCC(=O)N(C)C)N1CC2OCCN(Cc3ccccc3)C2C1. The number of carbonyl (C=O) groups excluding carboxylic acids is 1. The lowest BCUT2D eigenvalue weighted by atomic mass is 10.1. The van der Waals surface area contributed by atoms with E-state index in [1.165, 1.54) is 5.56 Å². The van der Waals surface area contributed by atoms with Crippen LogP contribution in [0.1, 0.15) is 12.5 Å². The van der Waals surface area contributed by atoms with Gasteiger partial charge in [0.2, 0.25) is 5.91 Å². The van der Waals surface area contributed by atoms with Crippen molar-refractivity contribution >= 4 is 11.9 Å². The number of hydrogen-bond acceptors (Lipinski definition) is 4. The minimum Gasteiger partial charge on any atom is -0.373 e. The average Bonchev–Trinajstić information content (AvgIpc) is 3.11. The first-order chi connectivity index (χ1) is 13.1. The highest BCUT2D eigenvalue weighted by molar-refractivity contribution is 5.85. The summed E-state index contributed by atoms with van der Waals surface area (Å²) in [6.07, 6.45) is 0.177. The number of aliphatic imine (C=N–C) groups is 1. The van der Waals surface area contributed by atoms with Gasteiger partial charge in [-0.3, -0.25) is 9.69 Å². The first-order valence-electron chi connectivity index (χ1n) is 9.71. The standard InChI is InChI=1S/C20H31N5O2/c1-4-21-20(22-12-19(26)23(2)3)25-14-17-18(15-25)27-11-10-24(17)13-16-8-6-5-7-9-16/h5-9,17-18H,4,10-15H2,1-3H3,(H,21,22). The minimum absolute atomic E-state index is 0.00368. The van der Waals surface area contributed by atoms with E-state index in [2.05, 4.69) is 50.4 Å². The molecule has 1 aromatic rings. The third-order valence-electron chi connectivity index (χ3n) is 5.14. The lowest BCUT2D eigenvalue weighted by Crippen LogP contribution is -2.50. The highest BCUT2D eigenvalue weighted by Gasteiger charge is 2.41. The molecule has 2 unspecified atom stereocenters. The van der Waals surface area contributed by atoms with Crippen LogP contribution in [0.25, 0.3) is 0 Å². The van der Waals surface area contributed by atoms with Gasteiger partial charge in [0, 0.05) is 46.8 Å². The molecule has 2 heterocycles. The van der Waals surface area contributed by atoms with Gasteiger partial charge in [0.25, 0.3) is 0 Å². The summed E-state index contributed by atoms with van der Waals surface area (Å²) >= 11 is 0. The van der Waals surface area contributed by atoms with E-state index in [-0.39, 0.29) is 18.6 Å². The van der Waals surface area contributed by atoms with E-state index >= 15 is 0 Å². The van der Waals surface area contributed by atoms with Crippen LogP contribution in [0.5, 0.6) is 0 Å². The molecule has 2 saturated heterocycles. The van der Waals surface area contributed by atoms with Crippen LogP contribution < -0.4 is 5.32 Å². The van der Waals surface area contributed by atoms with Gasteiger partial charge in [-0.15, -0.1) is 0 Å². The Morgan fingerprint density at radius 3 is 2.78 bits per heavy atom. The molecule has 0 radical (unpaired) electrons. The first kappa shape index (κ1) is 19.6. The van der Waals surface area contributed by atoms with Crippen molar-refractivity contribution in [3.8, 4) is 0 Å². The van der Waals surface area contributed by atoms with Gasteiger partial charge in [0.1, 0.15) is 6.54 Å². The van der Waals surface area contributed by atoms with Crippen LogP contribution in [-0.2, 0) is 16.1 Å². The van der Waals surface area contributed by atoms with Crippen molar-refractivity contribution in [2.45, 2.75) is 25.6 Å². The number of likely N-dealkylation sites (tertiary alicyclic amines) is 1. The summed E-state index contributed by atoms with van der Waals surface area (Å²) in [4.78, 5) is 22.8. The molecule has 7 nitrogen and oxygen atoms in total. The minimum atomic E-state index is 0.00368. The molecule has 0 aromatic heterocycles. The number of fused-ring (bicyclic) bond motifs is 1. The van der Waals surface area contributed by atoms with Gasteiger partial charge in [-0.25, -0.2) is 4.99 Å². The lowest BCUT2D eigenvalue weighted by molar-refractivity contribution is -0.127. The van der Waals surface area contributed by atoms with Crippen LogP contribution in [0.3, 0.4) is 0 Å². The molecule has 7 heteroatoms. The third-order valence-corrected chi connectivity index (χ3v) is 5.14. The van der Waals surface area contributed by atoms with E-state index in [9.17, 15) is 4.79 Å². The highest BCUT2D eigenvalue weighted by atomic mass is 16.5. The van der Waals surface area contributed by atoms with Crippen LogP contribution in [0.15, 0.2) is 35.3 Å². The molecule has 0 spiro atoms. The molecule has 148 valence electrons. The normalized spacial score (nSPS) is 23.2. The maximum atomic E-state index is 11.9. The fourth-order valence-corrected chi connectivity index (χ4v) is 3.66. The number of morpholine rings is 1. The van der Waals surface area contributed by atoms with E-state index in [1.54, 1.807) is 19.0 Å². The molecule has 27 heavy (non-hydrogen) atoms. The number of ether oxygens (including phenoxy) is 1. The van der Waals surface area contributed by atoms with E-state index in [0.29, 0.717) is 6.04 Å². The Morgan fingerprint density at radius 1 is 1.30 bits per heavy atom. The number of guanidine groups is 1. The number of hydrogen-bond donors (Lipinski definition) is 1. The zero-order chi connectivity index (χ0) is 19.2. The maximum Gasteiger partial charge on any atom is 0.243 e. The molecule has 2 aliphatic rings. The molecule has 1 N–H and O–H groups in total. The Bertz CT molecular complexity index is 649. The summed E-state index contributed by atoms with van der Waals surface area (Å²) in [5.41, 5.74) is 1.33. The Balaban J connectivity index is 1.67. The van der Waals surface area contributed by atoms with Crippen molar-refractivity contribution in [2.24, 2.45) is 4.99 Å². The molecule has 0 aliphatic carbocycles. The van der Waals surface area contributed by atoms with Crippen molar-refractivity contribution in [3.05, 3.63) is 35.9 Å². The first-order valence-corrected chi connectivity index (χ1v) is 9.71. The molecule has 0 saturated carbocycles. The predicted molar refractivity (Wildman–Crippen MR) is 107 cm³/mol. The van der Waals surface area contributed by atoms with Crippen molar-refractivity contribution in [3.63, 3.8) is 0 Å². The number of carbonyl (C=O) groups is 1. The van der Waals surface area contributed by atoms with Crippen LogP contribution in [0.4, 0.5) is 0 Å². The Morgan fingerprint density at radius 2 is 2.07 bits per heavy atom. The number of likely N-dealkylation sites (N-methyl/N-ethyl adjacent to an activating group) is 1. The predicted octanol–water partition coefficient (Wildman–Crippen LogP) is 0.625. The van der Waals surface area contributed by atoms with E-state index in [4.69, 9.17) is 4.74 Å². The second kappa shape index (κ2) is 9.19. The summed E-state index contributed by atoms with van der Waals surface area (Å²) in [7, 11) is 3.51. The molecular weight excluding hydrogens is 342 g/mol. The summed E-state index contributed by atoms with van der Waals surface area (Å²) in [5.74, 6) is 0.800. The van der Waals surface area contributed by atoms with Gasteiger partial charge in [-0.05, 0) is 12.5 Å². The monoisotopic (exact) mass is 373 g/mol. The second-order valence-corrected chi connectivity index (χ2v) is 7.30. The quantitative estimate of drug-likeness (QED) is 0.606. The van der Waals surface area contributed by atoms with Gasteiger partial charge in [0.05, 0.1) is 18.8 Å². The Labute approximate surface area is 162 Å². The Kier molecular flexibility index (Phi) is 6.68. The number of amides is 1. The van der Waals surface area contributed by atoms with Crippen molar-refractivity contribution < 1.29 is 9.53 Å². The summed E-state index contributed by atoms with van der Waals surface area (Å²) < 4.78 is 6.05. The van der Waals surface area contributed by atoms with Gasteiger partial charge in [-0.2, -0.15) is 0 Å². The van der Waals surface area contributed by atoms with Gasteiger partial charge >= 0.3 is 0 Å². The summed E-state index contributed by atoms with van der Waals surface area (Å²) in [6, 6.07) is 10.9. The van der Waals surface area contributed by atoms with Gasteiger partial charge in [0.15, 0.2) is 5.96 Å². The zero-order valence-electron chi connectivity index (χ0n) is 16.6. The zero-order valence-corrected chi connectivity index (χ0v) is 16.6. The van der Waals surface area contributed by atoms with Crippen molar-refractivity contribution in [1.82, 2.24) is 20.0 Å². The maximum absolute atomic E-state index is 11.9. The fourth-order valence-electron chi connectivity index (χ4n) is 3.66. The molecule has 3 rings (SSSR count). The Hall–Kier alpha value is -2.12.